The van der Waals surface area contributed by atoms with Gasteiger partial charge in [0.1, 0.15) is 6.54 Å². The third-order valence-corrected chi connectivity index (χ3v) is 11.2. The van der Waals surface area contributed by atoms with E-state index in [9.17, 15) is 8.42 Å². The van der Waals surface area contributed by atoms with Crippen LogP contribution in [0.1, 0.15) is 48.9 Å². The highest BCUT2D eigenvalue weighted by atomic mass is 35.5. The Bertz CT molecular complexity index is 1840. The van der Waals surface area contributed by atoms with E-state index in [2.05, 4.69) is 70.2 Å². The van der Waals surface area contributed by atoms with Crippen LogP contribution in [0.4, 0.5) is 0 Å². The van der Waals surface area contributed by atoms with Gasteiger partial charge in [-0.25, -0.2) is 8.42 Å². The molecule has 0 radical (unpaired) electrons. The Kier molecular flexibility index (Phi) is 10.1. The Labute approximate surface area is 268 Å². The van der Waals surface area contributed by atoms with Crippen molar-refractivity contribution in [3.05, 3.63) is 124 Å². The number of hydrogen-bond acceptors (Lipinski definition) is 2. The van der Waals surface area contributed by atoms with E-state index in [4.69, 9.17) is 11.6 Å². The van der Waals surface area contributed by atoms with Crippen LogP contribution in [0, 0.1) is 13.8 Å². The molecule has 0 spiro atoms. The second-order valence-electron chi connectivity index (χ2n) is 12.2. The van der Waals surface area contributed by atoms with E-state index < -0.39 is 10.0 Å². The molecule has 44 heavy (non-hydrogen) atoms. The number of rotatable bonds is 13. The lowest BCUT2D eigenvalue weighted by atomic mass is 10.1. The standard InChI is InChI=1S/C38H44ClN2O2S/c1-5-41(6-2,28-32-23-29(3)22-30(4)24-32)21-10-9-20-40(27-31-16-17-33-12-7-8-13-34(33)25-31)44(42,43)36-18-19-37-35(26-36)14-11-15-38(37)39/h7-8,11-19,22-26H,5-6,9-10,20-21,27-28H2,1-4H3/q+1. The normalized spacial score (nSPS) is 12.4. The molecule has 0 unspecified atom stereocenters. The molecule has 0 aliphatic carbocycles. The summed E-state index contributed by atoms with van der Waals surface area (Å²) in [7, 11) is -3.76. The first kappa shape index (κ1) is 32.2. The van der Waals surface area contributed by atoms with Crippen LogP contribution in [0.15, 0.2) is 102 Å². The van der Waals surface area contributed by atoms with Crippen molar-refractivity contribution in [1.29, 1.82) is 0 Å². The highest BCUT2D eigenvalue weighted by molar-refractivity contribution is 7.89. The molecule has 0 amide bonds. The Morgan fingerprint density at radius 3 is 2.14 bits per heavy atom. The molecular formula is C38H44ClN2O2S+. The molecule has 0 fully saturated rings. The van der Waals surface area contributed by atoms with Crippen LogP contribution in [-0.2, 0) is 23.1 Å². The van der Waals surface area contributed by atoms with Crippen molar-refractivity contribution in [2.75, 3.05) is 26.2 Å². The molecule has 4 nitrogen and oxygen atoms in total. The van der Waals surface area contributed by atoms with Gasteiger partial charge in [0.25, 0.3) is 0 Å². The lowest BCUT2D eigenvalue weighted by Gasteiger charge is -2.37. The average molecular weight is 628 g/mol. The number of fused-ring (bicyclic) bond motifs is 2. The Morgan fingerprint density at radius 1 is 0.705 bits per heavy atom. The van der Waals surface area contributed by atoms with Gasteiger partial charge >= 0.3 is 0 Å². The first-order valence-electron chi connectivity index (χ1n) is 15.7. The Hall–Kier alpha value is -3.22. The number of unbranched alkanes of at least 4 members (excludes halogenated alkanes) is 1. The molecule has 0 aromatic heterocycles. The maximum Gasteiger partial charge on any atom is 0.243 e. The average Bonchev–Trinajstić information content (AvgIpc) is 3.01. The lowest BCUT2D eigenvalue weighted by molar-refractivity contribution is -0.938. The zero-order valence-corrected chi connectivity index (χ0v) is 28.0. The smallest absolute Gasteiger partial charge is 0.243 e. The van der Waals surface area contributed by atoms with Gasteiger partial charge in [-0.3, -0.25) is 0 Å². The molecule has 6 heteroatoms. The Morgan fingerprint density at radius 2 is 1.41 bits per heavy atom. The second kappa shape index (κ2) is 13.8. The molecule has 0 atom stereocenters. The summed E-state index contributed by atoms with van der Waals surface area (Å²) in [5, 5.41) is 4.56. The van der Waals surface area contributed by atoms with E-state index in [0.29, 0.717) is 23.0 Å². The van der Waals surface area contributed by atoms with Crippen LogP contribution >= 0.6 is 11.6 Å². The van der Waals surface area contributed by atoms with Crippen molar-refractivity contribution in [3.8, 4) is 0 Å². The molecule has 0 heterocycles. The van der Waals surface area contributed by atoms with Crippen molar-refractivity contribution >= 4 is 43.2 Å². The van der Waals surface area contributed by atoms with Crippen molar-refractivity contribution in [2.45, 2.75) is 58.5 Å². The van der Waals surface area contributed by atoms with Gasteiger partial charge < -0.3 is 4.48 Å². The summed E-state index contributed by atoms with van der Waals surface area (Å²) in [4.78, 5) is 0.301. The zero-order valence-electron chi connectivity index (χ0n) is 26.4. The summed E-state index contributed by atoms with van der Waals surface area (Å²) in [5.74, 6) is 0. The fourth-order valence-electron chi connectivity index (χ4n) is 6.48. The van der Waals surface area contributed by atoms with Gasteiger partial charge in [-0.2, -0.15) is 4.31 Å². The summed E-state index contributed by atoms with van der Waals surface area (Å²) in [6.45, 7) is 13.8. The molecule has 5 aromatic rings. The quantitative estimate of drug-likeness (QED) is 0.0963. The molecular weight excluding hydrogens is 584 g/mol. The fraction of sp³-hybridized carbons (Fsp3) is 0.316. The molecule has 5 rings (SSSR count). The van der Waals surface area contributed by atoms with Crippen molar-refractivity contribution < 1.29 is 12.9 Å². The van der Waals surface area contributed by atoms with Gasteiger partial charge in [-0.1, -0.05) is 95.5 Å². The summed E-state index contributed by atoms with van der Waals surface area (Å²) >= 11 is 6.39. The molecule has 0 bridgehead atoms. The van der Waals surface area contributed by atoms with Crippen LogP contribution in [-0.4, -0.2) is 43.4 Å². The van der Waals surface area contributed by atoms with E-state index in [-0.39, 0.29) is 0 Å². The predicted molar refractivity (Wildman–Crippen MR) is 186 cm³/mol. The molecule has 0 saturated heterocycles. The summed E-state index contributed by atoms with van der Waals surface area (Å²) in [5.41, 5.74) is 4.97. The number of nitrogens with zero attached hydrogens (tertiary/aromatic N) is 2. The van der Waals surface area contributed by atoms with Crippen LogP contribution < -0.4 is 0 Å². The van der Waals surface area contributed by atoms with Gasteiger partial charge in [0.15, 0.2) is 0 Å². The number of hydrogen-bond donors (Lipinski definition) is 0. The third kappa shape index (κ3) is 7.35. The minimum absolute atomic E-state index is 0.301. The van der Waals surface area contributed by atoms with E-state index in [0.717, 1.165) is 70.6 Å². The van der Waals surface area contributed by atoms with E-state index in [1.54, 1.807) is 16.4 Å². The van der Waals surface area contributed by atoms with E-state index in [1.165, 1.54) is 16.7 Å². The molecule has 0 N–H and O–H groups in total. The lowest BCUT2D eigenvalue weighted by Crippen LogP contribution is -2.47. The fourth-order valence-corrected chi connectivity index (χ4v) is 8.23. The monoisotopic (exact) mass is 627 g/mol. The maximum atomic E-state index is 14.2. The third-order valence-electron chi connectivity index (χ3n) is 9.04. The number of sulfonamides is 1. The van der Waals surface area contributed by atoms with Crippen molar-refractivity contribution in [2.24, 2.45) is 0 Å². The first-order chi connectivity index (χ1) is 21.1. The summed E-state index contributed by atoms with van der Waals surface area (Å²) in [6, 6.07) is 32.1. The minimum Gasteiger partial charge on any atom is -0.320 e. The predicted octanol–water partition coefficient (Wildman–Crippen LogP) is 9.29. The van der Waals surface area contributed by atoms with Gasteiger partial charge in [0.05, 0.1) is 24.5 Å². The van der Waals surface area contributed by atoms with Crippen LogP contribution in [0.25, 0.3) is 21.5 Å². The van der Waals surface area contributed by atoms with Gasteiger partial charge in [-0.05, 0) is 86.5 Å². The van der Waals surface area contributed by atoms with Gasteiger partial charge in [0, 0.05) is 29.1 Å². The molecule has 0 aliphatic rings. The first-order valence-corrected chi connectivity index (χ1v) is 17.5. The molecule has 0 aliphatic heterocycles. The van der Waals surface area contributed by atoms with Crippen molar-refractivity contribution in [1.82, 2.24) is 4.31 Å². The number of quaternary nitrogens is 1. The van der Waals surface area contributed by atoms with Crippen LogP contribution in [0.5, 0.6) is 0 Å². The number of benzene rings is 5. The summed E-state index contributed by atoms with van der Waals surface area (Å²) in [6.07, 6.45) is 1.74. The van der Waals surface area contributed by atoms with Gasteiger partial charge in [-0.15, -0.1) is 0 Å². The number of halogens is 1. The Balaban J connectivity index is 1.38. The van der Waals surface area contributed by atoms with Crippen LogP contribution in [0.3, 0.4) is 0 Å². The highest BCUT2D eigenvalue weighted by Crippen LogP contribution is 2.29. The maximum absolute atomic E-state index is 14.2. The molecule has 5 aromatic carbocycles. The second-order valence-corrected chi connectivity index (χ2v) is 14.5. The number of aryl methyl sites for hydroxylation is 2. The van der Waals surface area contributed by atoms with Gasteiger partial charge in [0.2, 0.25) is 10.0 Å². The van der Waals surface area contributed by atoms with E-state index in [1.807, 2.05) is 42.5 Å². The molecule has 0 saturated carbocycles. The molecule has 230 valence electrons. The van der Waals surface area contributed by atoms with E-state index >= 15 is 0 Å². The zero-order chi connectivity index (χ0) is 31.3. The topological polar surface area (TPSA) is 37.4 Å². The largest absolute Gasteiger partial charge is 0.320 e. The van der Waals surface area contributed by atoms with Crippen molar-refractivity contribution in [3.63, 3.8) is 0 Å². The van der Waals surface area contributed by atoms with Crippen LogP contribution in [0.2, 0.25) is 5.02 Å². The summed E-state index contributed by atoms with van der Waals surface area (Å²) < 4.78 is 31.1. The minimum atomic E-state index is -3.76. The highest BCUT2D eigenvalue weighted by Gasteiger charge is 2.27. The SMILES string of the molecule is CC[N+](CC)(CCCCN(Cc1ccc2ccccc2c1)S(=O)(=O)c1ccc2c(Cl)cccc2c1)Cc1cc(C)cc(C)c1.